The van der Waals surface area contributed by atoms with Crippen LogP contribution in [0.5, 0.6) is 0 Å². The molecule has 4 unspecified atom stereocenters. The number of hydrogen-bond donors (Lipinski definition) is 1. The van der Waals surface area contributed by atoms with Crippen molar-refractivity contribution in [3.05, 3.63) is 12.2 Å². The van der Waals surface area contributed by atoms with Gasteiger partial charge in [0.05, 0.1) is 6.61 Å². The molecule has 0 spiro atoms. The maximum absolute atomic E-state index is 13.1. The van der Waals surface area contributed by atoms with E-state index < -0.39 is 41.7 Å². The molecule has 2 aliphatic rings. The van der Waals surface area contributed by atoms with Gasteiger partial charge >= 0.3 is 18.3 Å². The second-order valence-corrected chi connectivity index (χ2v) is 6.74. The molecule has 9 heteroatoms. The first-order chi connectivity index (χ1) is 10.8. The lowest BCUT2D eigenvalue weighted by Crippen LogP contribution is -2.63. The van der Waals surface area contributed by atoms with Gasteiger partial charge in [0.2, 0.25) is 0 Å². The van der Waals surface area contributed by atoms with Gasteiger partial charge in [-0.05, 0) is 43.9 Å². The third kappa shape index (κ3) is 3.02. The molecule has 2 bridgehead atoms. The Morgan fingerprint density at radius 3 is 2.08 bits per heavy atom. The Morgan fingerprint density at radius 1 is 1.12 bits per heavy atom. The zero-order valence-corrected chi connectivity index (χ0v) is 12.9. The summed E-state index contributed by atoms with van der Waals surface area (Å²) in [6.07, 6.45) is -11.4. The number of esters is 1. The highest BCUT2D eigenvalue weighted by atomic mass is 19.4. The molecule has 1 N–H and O–H groups in total. The molecular formula is C15H18F6O3. The van der Waals surface area contributed by atoms with Crippen LogP contribution in [-0.4, -0.2) is 35.6 Å². The number of halogens is 6. The van der Waals surface area contributed by atoms with Crippen LogP contribution in [0.2, 0.25) is 0 Å². The molecule has 138 valence electrons. The van der Waals surface area contributed by atoms with Crippen LogP contribution in [0.1, 0.15) is 26.2 Å². The van der Waals surface area contributed by atoms with Crippen molar-refractivity contribution in [1.82, 2.24) is 0 Å². The molecule has 0 aromatic rings. The highest BCUT2D eigenvalue weighted by molar-refractivity contribution is 5.86. The smallest absolute Gasteiger partial charge is 0.426 e. The number of fused-ring (bicyclic) bond motifs is 2. The molecule has 2 aliphatic carbocycles. The van der Waals surface area contributed by atoms with Crippen LogP contribution in [-0.2, 0) is 9.53 Å². The second-order valence-electron chi connectivity index (χ2n) is 6.74. The molecule has 2 fully saturated rings. The fourth-order valence-electron chi connectivity index (χ4n) is 4.05. The van der Waals surface area contributed by atoms with Crippen molar-refractivity contribution in [3.63, 3.8) is 0 Å². The molecule has 24 heavy (non-hydrogen) atoms. The van der Waals surface area contributed by atoms with Crippen LogP contribution in [0, 0.1) is 23.7 Å². The predicted molar refractivity (Wildman–Crippen MR) is 70.6 cm³/mol. The van der Waals surface area contributed by atoms with Crippen LogP contribution in [0.3, 0.4) is 0 Å². The maximum atomic E-state index is 13.1. The summed E-state index contributed by atoms with van der Waals surface area (Å²) >= 11 is 0. The molecule has 0 amide bonds. The Labute approximate surface area is 134 Å². The van der Waals surface area contributed by atoms with E-state index in [0.717, 1.165) is 0 Å². The minimum absolute atomic E-state index is 0.0943. The first-order valence-electron chi connectivity index (χ1n) is 7.47. The van der Waals surface area contributed by atoms with E-state index in [1.807, 2.05) is 0 Å². The van der Waals surface area contributed by atoms with Crippen LogP contribution in [0.4, 0.5) is 26.3 Å². The molecule has 0 aliphatic heterocycles. The summed E-state index contributed by atoms with van der Waals surface area (Å²) in [6.45, 7) is 4.47. The normalized spacial score (nSPS) is 30.5. The SMILES string of the molecule is C=C(C)C(=O)OCC1CC2CC1C(C(O)(C(F)(F)F)C(F)(F)F)C2. The van der Waals surface area contributed by atoms with Gasteiger partial charge in [-0.3, -0.25) is 0 Å². The molecular weight excluding hydrogens is 342 g/mol. The monoisotopic (exact) mass is 360 g/mol. The highest BCUT2D eigenvalue weighted by Gasteiger charge is 2.76. The second kappa shape index (κ2) is 5.93. The number of hydrogen-bond acceptors (Lipinski definition) is 3. The Balaban J connectivity index is 2.20. The topological polar surface area (TPSA) is 46.5 Å². The third-order valence-electron chi connectivity index (χ3n) is 5.13. The van der Waals surface area contributed by atoms with Crippen molar-refractivity contribution >= 4 is 5.97 Å². The van der Waals surface area contributed by atoms with Crippen LogP contribution in [0.25, 0.3) is 0 Å². The van der Waals surface area contributed by atoms with Crippen LogP contribution < -0.4 is 0 Å². The number of carbonyl (C=O) groups excluding carboxylic acids is 1. The predicted octanol–water partition coefficient (Wildman–Crippen LogP) is 3.62. The van der Waals surface area contributed by atoms with Gasteiger partial charge in [0.1, 0.15) is 0 Å². The number of ether oxygens (including phenoxy) is 1. The minimum Gasteiger partial charge on any atom is -0.462 e. The van der Waals surface area contributed by atoms with E-state index in [0.29, 0.717) is 6.42 Å². The lowest BCUT2D eigenvalue weighted by atomic mass is 9.71. The number of rotatable bonds is 4. The van der Waals surface area contributed by atoms with E-state index in [9.17, 15) is 36.2 Å². The number of aliphatic hydroxyl groups is 1. The molecule has 0 heterocycles. The average molecular weight is 360 g/mol. The first kappa shape index (κ1) is 19.1. The van der Waals surface area contributed by atoms with E-state index in [4.69, 9.17) is 4.74 Å². The van der Waals surface area contributed by atoms with Crippen LogP contribution in [0.15, 0.2) is 12.2 Å². The summed E-state index contributed by atoms with van der Waals surface area (Å²) in [5.41, 5.74) is -4.65. The maximum Gasteiger partial charge on any atom is 0.426 e. The van der Waals surface area contributed by atoms with E-state index >= 15 is 0 Å². The molecule has 4 atom stereocenters. The van der Waals surface area contributed by atoms with E-state index in [1.54, 1.807) is 0 Å². The van der Waals surface area contributed by atoms with Gasteiger partial charge in [0.15, 0.2) is 0 Å². The fourth-order valence-corrected chi connectivity index (χ4v) is 4.05. The average Bonchev–Trinajstić information content (AvgIpc) is 3.00. The quantitative estimate of drug-likeness (QED) is 0.473. The number of alkyl halides is 6. The summed E-state index contributed by atoms with van der Waals surface area (Å²) in [5, 5.41) is 9.62. The fraction of sp³-hybridized carbons (Fsp3) is 0.800. The zero-order valence-electron chi connectivity index (χ0n) is 12.9. The first-order valence-corrected chi connectivity index (χ1v) is 7.47. The van der Waals surface area contributed by atoms with Gasteiger partial charge < -0.3 is 9.84 Å². The lowest BCUT2D eigenvalue weighted by molar-refractivity contribution is -0.390. The van der Waals surface area contributed by atoms with Crippen molar-refractivity contribution in [2.75, 3.05) is 6.61 Å². The Hall–Kier alpha value is -1.25. The van der Waals surface area contributed by atoms with Crippen molar-refractivity contribution < 1.29 is 41.0 Å². The van der Waals surface area contributed by atoms with Gasteiger partial charge in [-0.15, -0.1) is 0 Å². The van der Waals surface area contributed by atoms with Gasteiger partial charge in [0.25, 0.3) is 5.60 Å². The molecule has 0 saturated heterocycles. The van der Waals surface area contributed by atoms with Gasteiger partial charge in [-0.1, -0.05) is 6.58 Å². The van der Waals surface area contributed by atoms with Crippen molar-refractivity contribution in [2.24, 2.45) is 23.7 Å². The standard InChI is InChI=1S/C15H18F6O3/c1-7(2)12(22)24-6-9-3-8-4-10(9)11(5-8)13(23,14(16,17)18)15(19,20)21/h8-11,23H,1,3-6H2,2H3. The van der Waals surface area contributed by atoms with Gasteiger partial charge in [-0.25, -0.2) is 4.79 Å². The highest BCUT2D eigenvalue weighted by Crippen LogP contribution is 2.61. The largest absolute Gasteiger partial charge is 0.462 e. The van der Waals surface area contributed by atoms with Crippen molar-refractivity contribution in [2.45, 2.75) is 44.1 Å². The summed E-state index contributed by atoms with van der Waals surface area (Å²) in [7, 11) is 0. The number of carbonyl (C=O) groups is 1. The van der Waals surface area contributed by atoms with Crippen LogP contribution >= 0.6 is 0 Å². The van der Waals surface area contributed by atoms with Crippen molar-refractivity contribution in [3.8, 4) is 0 Å². The summed E-state index contributed by atoms with van der Waals surface area (Å²) < 4.78 is 83.2. The summed E-state index contributed by atoms with van der Waals surface area (Å²) in [6, 6.07) is 0. The third-order valence-corrected chi connectivity index (χ3v) is 5.13. The van der Waals surface area contributed by atoms with E-state index in [1.165, 1.54) is 6.92 Å². The van der Waals surface area contributed by atoms with Gasteiger partial charge in [-0.2, -0.15) is 26.3 Å². The molecule has 0 aromatic carbocycles. The van der Waals surface area contributed by atoms with E-state index in [-0.39, 0.29) is 30.9 Å². The molecule has 2 rings (SSSR count). The molecule has 0 radical (unpaired) electrons. The summed E-state index contributed by atoms with van der Waals surface area (Å²) in [4.78, 5) is 11.4. The van der Waals surface area contributed by atoms with Gasteiger partial charge in [0, 0.05) is 11.5 Å². The molecule has 0 aromatic heterocycles. The molecule has 3 nitrogen and oxygen atoms in total. The van der Waals surface area contributed by atoms with E-state index in [2.05, 4.69) is 6.58 Å². The lowest BCUT2D eigenvalue weighted by Gasteiger charge is -2.42. The Bertz CT molecular complexity index is 510. The Kier molecular flexibility index (Phi) is 4.71. The minimum atomic E-state index is -5.82. The zero-order chi connectivity index (χ0) is 18.5. The molecule has 2 saturated carbocycles. The summed E-state index contributed by atoms with van der Waals surface area (Å²) in [5.74, 6) is -4.69. The van der Waals surface area contributed by atoms with Crippen molar-refractivity contribution in [1.29, 1.82) is 0 Å². The Morgan fingerprint density at radius 2 is 1.67 bits per heavy atom.